The van der Waals surface area contributed by atoms with E-state index in [-0.39, 0.29) is 30.3 Å². The van der Waals surface area contributed by atoms with Gasteiger partial charge in [0.25, 0.3) is 0 Å². The van der Waals surface area contributed by atoms with E-state index >= 15 is 0 Å². The van der Waals surface area contributed by atoms with Gasteiger partial charge in [0.15, 0.2) is 0 Å². The molecule has 1 atom stereocenters. The van der Waals surface area contributed by atoms with E-state index in [0.29, 0.717) is 45.1 Å². The Balaban J connectivity index is 1.84. The van der Waals surface area contributed by atoms with E-state index in [1.165, 1.54) is 10.6 Å². The van der Waals surface area contributed by atoms with Gasteiger partial charge in [-0.3, -0.25) is 9.59 Å². The van der Waals surface area contributed by atoms with Gasteiger partial charge in [-0.25, -0.2) is 12.7 Å². The SMILES string of the molecule is CS(=O)(=O)N1CCCC(C(=O)NC2CCC(C(=O)O)CC2)C1. The largest absolute Gasteiger partial charge is 0.481 e. The number of carboxylic acids is 1. The molecule has 2 rings (SSSR count). The molecule has 0 bridgehead atoms. The summed E-state index contributed by atoms with van der Waals surface area (Å²) >= 11 is 0. The number of aliphatic carboxylic acids is 1. The average molecular weight is 332 g/mol. The van der Waals surface area contributed by atoms with E-state index in [9.17, 15) is 18.0 Å². The molecule has 1 saturated carbocycles. The summed E-state index contributed by atoms with van der Waals surface area (Å²) in [4.78, 5) is 23.2. The summed E-state index contributed by atoms with van der Waals surface area (Å²) in [5, 5.41) is 11.9. The zero-order valence-corrected chi connectivity index (χ0v) is 13.6. The predicted octanol–water partition coefficient (Wildman–Crippen LogP) is 0.418. The maximum atomic E-state index is 12.3. The Morgan fingerprint density at radius 1 is 1.09 bits per heavy atom. The maximum Gasteiger partial charge on any atom is 0.306 e. The number of nitrogens with one attached hydrogen (secondary N) is 1. The van der Waals surface area contributed by atoms with E-state index < -0.39 is 16.0 Å². The van der Waals surface area contributed by atoms with Crippen molar-refractivity contribution >= 4 is 21.9 Å². The Kier molecular flexibility index (Phi) is 5.44. The predicted molar refractivity (Wildman–Crippen MR) is 80.7 cm³/mol. The number of carboxylic acid groups (broad SMARTS) is 1. The van der Waals surface area contributed by atoms with Crippen LogP contribution in [0.4, 0.5) is 0 Å². The van der Waals surface area contributed by atoms with Gasteiger partial charge in [-0.15, -0.1) is 0 Å². The monoisotopic (exact) mass is 332 g/mol. The number of carbonyl (C=O) groups is 2. The molecule has 2 N–H and O–H groups in total. The number of hydrogen-bond donors (Lipinski definition) is 2. The van der Waals surface area contributed by atoms with E-state index in [0.717, 1.165) is 0 Å². The number of amides is 1. The van der Waals surface area contributed by atoms with E-state index in [4.69, 9.17) is 5.11 Å². The summed E-state index contributed by atoms with van der Waals surface area (Å²) in [6, 6.07) is 0.0108. The van der Waals surface area contributed by atoms with Gasteiger partial charge in [-0.1, -0.05) is 0 Å². The van der Waals surface area contributed by atoms with Crippen LogP contribution >= 0.6 is 0 Å². The van der Waals surface area contributed by atoms with E-state index in [2.05, 4.69) is 5.32 Å². The van der Waals surface area contributed by atoms with Gasteiger partial charge in [-0.05, 0) is 38.5 Å². The molecule has 1 unspecified atom stereocenters. The molecule has 0 radical (unpaired) electrons. The summed E-state index contributed by atoms with van der Waals surface area (Å²) in [5.74, 6) is -1.47. The molecule has 8 heteroatoms. The van der Waals surface area contributed by atoms with Crippen molar-refractivity contribution < 1.29 is 23.1 Å². The highest BCUT2D eigenvalue weighted by Gasteiger charge is 2.32. The second kappa shape index (κ2) is 6.95. The third kappa shape index (κ3) is 4.42. The molecule has 1 saturated heterocycles. The highest BCUT2D eigenvalue weighted by atomic mass is 32.2. The molecule has 1 aliphatic heterocycles. The summed E-state index contributed by atoms with van der Waals surface area (Å²) in [6.07, 6.45) is 5.07. The van der Waals surface area contributed by atoms with Crippen LogP contribution in [0.5, 0.6) is 0 Å². The lowest BCUT2D eigenvalue weighted by Gasteiger charge is -2.32. The minimum absolute atomic E-state index is 0.0108. The van der Waals surface area contributed by atoms with Crippen molar-refractivity contribution in [2.24, 2.45) is 11.8 Å². The molecule has 126 valence electrons. The molecule has 0 aromatic heterocycles. The molecule has 0 aromatic rings. The van der Waals surface area contributed by atoms with Crippen molar-refractivity contribution in [3.63, 3.8) is 0 Å². The van der Waals surface area contributed by atoms with Crippen molar-refractivity contribution in [2.45, 2.75) is 44.6 Å². The minimum atomic E-state index is -3.25. The first-order valence-corrected chi connectivity index (χ1v) is 9.60. The quantitative estimate of drug-likeness (QED) is 0.776. The van der Waals surface area contributed by atoms with Crippen LogP contribution in [0.2, 0.25) is 0 Å². The first kappa shape index (κ1) is 17.2. The van der Waals surface area contributed by atoms with Gasteiger partial charge in [0.1, 0.15) is 0 Å². The molecule has 0 aromatic carbocycles. The maximum absolute atomic E-state index is 12.3. The van der Waals surface area contributed by atoms with E-state index in [1.54, 1.807) is 0 Å². The van der Waals surface area contributed by atoms with Crippen LogP contribution < -0.4 is 5.32 Å². The summed E-state index contributed by atoms with van der Waals surface area (Å²) in [5.41, 5.74) is 0. The van der Waals surface area contributed by atoms with Crippen LogP contribution in [0.15, 0.2) is 0 Å². The Morgan fingerprint density at radius 3 is 2.27 bits per heavy atom. The first-order valence-electron chi connectivity index (χ1n) is 7.75. The van der Waals surface area contributed by atoms with Crippen molar-refractivity contribution in [1.82, 2.24) is 9.62 Å². The number of rotatable bonds is 4. The van der Waals surface area contributed by atoms with Gasteiger partial charge < -0.3 is 10.4 Å². The Hall–Kier alpha value is -1.15. The number of nitrogens with zero attached hydrogens (tertiary/aromatic N) is 1. The molecule has 22 heavy (non-hydrogen) atoms. The van der Waals surface area contributed by atoms with Gasteiger partial charge >= 0.3 is 5.97 Å². The zero-order valence-electron chi connectivity index (χ0n) is 12.8. The van der Waals surface area contributed by atoms with Crippen LogP contribution in [0.25, 0.3) is 0 Å². The fraction of sp³-hybridized carbons (Fsp3) is 0.857. The van der Waals surface area contributed by atoms with Gasteiger partial charge in [-0.2, -0.15) is 0 Å². The van der Waals surface area contributed by atoms with Crippen molar-refractivity contribution in [3.8, 4) is 0 Å². The molecular weight excluding hydrogens is 308 g/mol. The number of hydrogen-bond acceptors (Lipinski definition) is 4. The number of piperidine rings is 1. The second-order valence-corrected chi connectivity index (χ2v) is 8.34. The number of carbonyl (C=O) groups excluding carboxylic acids is 1. The topological polar surface area (TPSA) is 104 Å². The summed E-state index contributed by atoms with van der Waals surface area (Å²) in [7, 11) is -3.25. The van der Waals surface area contributed by atoms with Gasteiger partial charge in [0.2, 0.25) is 15.9 Å². The minimum Gasteiger partial charge on any atom is -0.481 e. The summed E-state index contributed by atoms with van der Waals surface area (Å²) < 4.78 is 24.5. The third-order valence-corrected chi connectivity index (χ3v) is 5.92. The standard InChI is InChI=1S/C14H24N2O5S/c1-22(20,21)16-8-2-3-11(9-16)13(17)15-12-6-4-10(5-7-12)14(18)19/h10-12H,2-9H2,1H3,(H,15,17)(H,18,19). The highest BCUT2D eigenvalue weighted by molar-refractivity contribution is 7.88. The molecule has 2 fully saturated rings. The second-order valence-electron chi connectivity index (χ2n) is 6.36. The van der Waals surface area contributed by atoms with Crippen molar-refractivity contribution in [3.05, 3.63) is 0 Å². The summed E-state index contributed by atoms with van der Waals surface area (Å²) in [6.45, 7) is 0.724. The normalized spacial score (nSPS) is 30.7. The third-order valence-electron chi connectivity index (χ3n) is 4.65. The molecule has 1 aliphatic carbocycles. The average Bonchev–Trinajstić information content (AvgIpc) is 2.47. The molecule has 1 heterocycles. The van der Waals surface area contributed by atoms with Gasteiger partial charge in [0, 0.05) is 19.1 Å². The fourth-order valence-electron chi connectivity index (χ4n) is 3.26. The smallest absolute Gasteiger partial charge is 0.306 e. The molecular formula is C14H24N2O5S. The lowest BCUT2D eigenvalue weighted by molar-refractivity contribution is -0.142. The van der Waals surface area contributed by atoms with Gasteiger partial charge in [0.05, 0.1) is 18.1 Å². The van der Waals surface area contributed by atoms with Crippen LogP contribution in [-0.4, -0.2) is 55.1 Å². The van der Waals surface area contributed by atoms with Crippen molar-refractivity contribution in [2.75, 3.05) is 19.3 Å². The molecule has 7 nitrogen and oxygen atoms in total. The Bertz CT molecular complexity index is 525. The Morgan fingerprint density at radius 2 is 1.73 bits per heavy atom. The van der Waals surface area contributed by atoms with Crippen LogP contribution in [-0.2, 0) is 19.6 Å². The highest BCUT2D eigenvalue weighted by Crippen LogP contribution is 2.25. The van der Waals surface area contributed by atoms with Crippen molar-refractivity contribution in [1.29, 1.82) is 0 Å². The Labute approximate surface area is 131 Å². The molecule has 2 aliphatic rings. The molecule has 0 spiro atoms. The van der Waals surface area contributed by atoms with Crippen LogP contribution in [0.3, 0.4) is 0 Å². The lowest BCUT2D eigenvalue weighted by atomic mass is 9.85. The first-order chi connectivity index (χ1) is 10.3. The van der Waals surface area contributed by atoms with E-state index in [1.807, 2.05) is 0 Å². The lowest BCUT2D eigenvalue weighted by Crippen LogP contribution is -2.48. The van der Waals surface area contributed by atoms with Crippen LogP contribution in [0.1, 0.15) is 38.5 Å². The van der Waals surface area contributed by atoms with Crippen LogP contribution in [0, 0.1) is 11.8 Å². The fourth-order valence-corrected chi connectivity index (χ4v) is 4.17. The molecule has 1 amide bonds. The zero-order chi connectivity index (χ0) is 16.3. The number of sulfonamides is 1.